The summed E-state index contributed by atoms with van der Waals surface area (Å²) >= 11 is 0. The standard InChI is InChI=1S/C55H41BN4.C2H6/c1-3-20-49-45(4-2)46-35-33-44(37-53(46)58(49)41-25-13-7-14-26-41)60-50-30-18-17-29-47(50)56-48-36-34-43(57(39-21-9-5-10-22-39)40-23-11-6-12-24-40)38-54(48)59(42-27-15-8-16-28-42)51-31-19-32-52(60)55(51)56;1-2/h3-38H,2H2,1H3;1-2H3/b20-3-;. The van der Waals surface area contributed by atoms with Gasteiger partial charge < -0.3 is 19.3 Å². The average molecular weight is 799 g/mol. The quantitative estimate of drug-likeness (QED) is 0.142. The van der Waals surface area contributed by atoms with E-state index in [0.717, 1.165) is 50.9 Å². The van der Waals surface area contributed by atoms with Crippen molar-refractivity contribution in [1.82, 2.24) is 4.57 Å². The second-order valence-corrected chi connectivity index (χ2v) is 15.3. The van der Waals surface area contributed by atoms with E-state index < -0.39 is 0 Å². The summed E-state index contributed by atoms with van der Waals surface area (Å²) in [6.07, 6.45) is 6.29. The van der Waals surface area contributed by atoms with Crippen LogP contribution >= 0.6 is 0 Å². The summed E-state index contributed by atoms with van der Waals surface area (Å²) in [6.45, 7) is 10.4. The van der Waals surface area contributed by atoms with Gasteiger partial charge in [0.2, 0.25) is 0 Å². The highest BCUT2D eigenvalue weighted by molar-refractivity contribution is 7.00. The van der Waals surface area contributed by atoms with Crippen molar-refractivity contribution >= 4 is 97.3 Å². The molecule has 0 fully saturated rings. The van der Waals surface area contributed by atoms with Gasteiger partial charge in [-0.1, -0.05) is 142 Å². The Balaban J connectivity index is 0.00000226. The van der Waals surface area contributed by atoms with Gasteiger partial charge >= 0.3 is 0 Å². The first-order valence-corrected chi connectivity index (χ1v) is 21.6. The monoisotopic (exact) mass is 798 g/mol. The van der Waals surface area contributed by atoms with Crippen molar-refractivity contribution in [2.24, 2.45) is 0 Å². The number of hydrogen-bond donors (Lipinski definition) is 0. The molecule has 5 heteroatoms. The van der Waals surface area contributed by atoms with Crippen LogP contribution in [-0.4, -0.2) is 11.3 Å². The zero-order valence-corrected chi connectivity index (χ0v) is 35.4. The predicted molar refractivity (Wildman–Crippen MR) is 268 cm³/mol. The van der Waals surface area contributed by atoms with Crippen molar-refractivity contribution in [2.45, 2.75) is 20.8 Å². The van der Waals surface area contributed by atoms with Crippen LogP contribution in [0.1, 0.15) is 32.0 Å². The minimum atomic E-state index is 0.0140. The first-order valence-electron chi connectivity index (χ1n) is 21.6. The lowest BCUT2D eigenvalue weighted by molar-refractivity contribution is 1.10. The first-order chi connectivity index (χ1) is 30.7. The number of aromatic nitrogens is 1. The summed E-state index contributed by atoms with van der Waals surface area (Å²) in [5, 5.41) is 1.17. The molecule has 0 saturated carbocycles. The lowest BCUT2D eigenvalue weighted by Crippen LogP contribution is -2.61. The molecule has 298 valence electrons. The topological polar surface area (TPSA) is 14.7 Å². The molecule has 2 aliphatic heterocycles. The number of fused-ring (bicyclic) bond motifs is 5. The number of allylic oxidation sites excluding steroid dienone is 1. The first kappa shape index (κ1) is 38.4. The normalized spacial score (nSPS) is 12.3. The maximum absolute atomic E-state index is 4.27. The van der Waals surface area contributed by atoms with Gasteiger partial charge in [0, 0.05) is 67.8 Å². The molecule has 0 bridgehead atoms. The second-order valence-electron chi connectivity index (χ2n) is 15.3. The van der Waals surface area contributed by atoms with Crippen LogP contribution in [0.5, 0.6) is 0 Å². The number of benzene rings is 8. The van der Waals surface area contributed by atoms with E-state index in [1.807, 2.05) is 19.9 Å². The van der Waals surface area contributed by atoms with Gasteiger partial charge in [-0.05, 0) is 120 Å². The minimum Gasteiger partial charge on any atom is -0.311 e. The van der Waals surface area contributed by atoms with Crippen molar-refractivity contribution in [1.29, 1.82) is 0 Å². The summed E-state index contributed by atoms with van der Waals surface area (Å²) in [5.41, 5.74) is 18.6. The van der Waals surface area contributed by atoms with Gasteiger partial charge in [0.05, 0.1) is 11.2 Å². The van der Waals surface area contributed by atoms with E-state index in [2.05, 4.69) is 245 Å². The van der Waals surface area contributed by atoms with Gasteiger partial charge in [-0.2, -0.15) is 0 Å². The summed E-state index contributed by atoms with van der Waals surface area (Å²) in [4.78, 5) is 7.30. The van der Waals surface area contributed by atoms with E-state index in [0.29, 0.717) is 0 Å². The molecular weight excluding hydrogens is 751 g/mol. The van der Waals surface area contributed by atoms with Crippen LogP contribution in [0.25, 0.3) is 28.7 Å². The van der Waals surface area contributed by atoms with Gasteiger partial charge in [-0.25, -0.2) is 0 Å². The van der Waals surface area contributed by atoms with E-state index in [1.54, 1.807) is 0 Å². The molecule has 2 aliphatic rings. The summed E-state index contributed by atoms with van der Waals surface area (Å²) in [6, 6.07) is 72.6. The van der Waals surface area contributed by atoms with Crippen molar-refractivity contribution in [3.63, 3.8) is 0 Å². The van der Waals surface area contributed by atoms with Gasteiger partial charge in [0.25, 0.3) is 6.71 Å². The number of anilines is 9. The fraction of sp³-hybridized carbons (Fsp3) is 0.0526. The van der Waals surface area contributed by atoms with Crippen molar-refractivity contribution in [3.05, 3.63) is 224 Å². The highest BCUT2D eigenvalue weighted by atomic mass is 15.2. The molecule has 11 rings (SSSR count). The molecule has 0 spiro atoms. The van der Waals surface area contributed by atoms with Gasteiger partial charge in [-0.15, -0.1) is 0 Å². The van der Waals surface area contributed by atoms with Crippen LogP contribution < -0.4 is 31.1 Å². The molecule has 9 aromatic rings. The Morgan fingerprint density at radius 3 is 1.66 bits per heavy atom. The van der Waals surface area contributed by atoms with Crippen LogP contribution in [-0.2, 0) is 0 Å². The Hall–Kier alpha value is -7.76. The van der Waals surface area contributed by atoms with Gasteiger partial charge in [0.15, 0.2) is 0 Å². The summed E-state index contributed by atoms with van der Waals surface area (Å²) in [7, 11) is 0. The highest BCUT2D eigenvalue weighted by Crippen LogP contribution is 2.46. The Kier molecular flexibility index (Phi) is 10.1. The molecule has 0 amide bonds. The van der Waals surface area contributed by atoms with Crippen LogP contribution in [0.2, 0.25) is 0 Å². The number of hydrogen-bond acceptors (Lipinski definition) is 3. The van der Waals surface area contributed by atoms with E-state index in [9.17, 15) is 0 Å². The Morgan fingerprint density at radius 1 is 0.484 bits per heavy atom. The molecule has 0 aliphatic carbocycles. The van der Waals surface area contributed by atoms with Crippen molar-refractivity contribution in [2.75, 3.05) is 14.7 Å². The van der Waals surface area contributed by atoms with Crippen molar-refractivity contribution < 1.29 is 0 Å². The highest BCUT2D eigenvalue weighted by Gasteiger charge is 2.43. The van der Waals surface area contributed by atoms with Gasteiger partial charge in [-0.3, -0.25) is 0 Å². The van der Waals surface area contributed by atoms with Crippen LogP contribution in [0.4, 0.5) is 51.2 Å². The maximum Gasteiger partial charge on any atom is 0.252 e. The number of rotatable bonds is 8. The third kappa shape index (κ3) is 6.24. The van der Waals surface area contributed by atoms with Crippen molar-refractivity contribution in [3.8, 4) is 5.69 Å². The average Bonchev–Trinajstić information content (AvgIpc) is 3.65. The fourth-order valence-corrected chi connectivity index (χ4v) is 9.60. The molecule has 0 atom stereocenters. The molecule has 0 radical (unpaired) electrons. The third-order valence-electron chi connectivity index (χ3n) is 12.0. The Morgan fingerprint density at radius 2 is 1.03 bits per heavy atom. The molecule has 62 heavy (non-hydrogen) atoms. The van der Waals surface area contributed by atoms with E-state index in [1.165, 1.54) is 44.5 Å². The van der Waals surface area contributed by atoms with E-state index >= 15 is 0 Å². The molecule has 4 nitrogen and oxygen atoms in total. The molecule has 0 unspecified atom stereocenters. The van der Waals surface area contributed by atoms with E-state index in [4.69, 9.17) is 0 Å². The lowest BCUT2D eigenvalue weighted by atomic mass is 9.33. The molecule has 1 aromatic heterocycles. The van der Waals surface area contributed by atoms with Crippen LogP contribution in [0.15, 0.2) is 213 Å². The molecule has 3 heterocycles. The minimum absolute atomic E-state index is 0.0140. The Bertz CT molecular complexity index is 3040. The summed E-state index contributed by atoms with van der Waals surface area (Å²) < 4.78 is 2.37. The van der Waals surface area contributed by atoms with Crippen LogP contribution in [0.3, 0.4) is 0 Å². The largest absolute Gasteiger partial charge is 0.311 e. The zero-order chi connectivity index (χ0) is 42.2. The molecular formula is C57H47BN4. The fourth-order valence-electron chi connectivity index (χ4n) is 9.60. The third-order valence-corrected chi connectivity index (χ3v) is 12.0. The summed E-state index contributed by atoms with van der Waals surface area (Å²) in [5.74, 6) is 0. The molecule has 8 aromatic carbocycles. The second kappa shape index (κ2) is 16.4. The van der Waals surface area contributed by atoms with Gasteiger partial charge in [0.1, 0.15) is 0 Å². The number of para-hydroxylation sites is 5. The van der Waals surface area contributed by atoms with Crippen LogP contribution in [0, 0.1) is 0 Å². The SMILES string of the molecule is C=Cc1c(/C=C\C)n(-c2ccccc2)c2cc(N3c4ccccc4B4c5ccc(N(c6ccccc6)c6ccccc6)cc5N(c5ccccc5)c5cccc3c54)ccc12.CC. The Labute approximate surface area is 365 Å². The lowest BCUT2D eigenvalue weighted by Gasteiger charge is -2.44. The molecule has 0 saturated heterocycles. The van der Waals surface area contributed by atoms with E-state index in [-0.39, 0.29) is 6.71 Å². The number of nitrogens with zero attached hydrogens (tertiary/aromatic N) is 4. The zero-order valence-electron chi connectivity index (χ0n) is 35.4. The maximum atomic E-state index is 4.27. The predicted octanol–water partition coefficient (Wildman–Crippen LogP) is 13.9. The smallest absolute Gasteiger partial charge is 0.252 e. The molecule has 0 N–H and O–H groups in total.